The van der Waals surface area contributed by atoms with E-state index in [0.29, 0.717) is 6.61 Å². The molecule has 1 rings (SSSR count). The van der Waals surface area contributed by atoms with Gasteiger partial charge in [0.15, 0.2) is 5.13 Å². The zero-order valence-electron chi connectivity index (χ0n) is 8.59. The van der Waals surface area contributed by atoms with E-state index in [1.165, 1.54) is 0 Å². The highest BCUT2D eigenvalue weighted by Gasteiger charge is 2.11. The average molecular weight is 214 g/mol. The average Bonchev–Trinajstić information content (AvgIpc) is 2.48. The largest absolute Gasteiger partial charge is 0.466 e. The molecule has 4 nitrogen and oxygen atoms in total. The highest BCUT2D eigenvalue weighted by Crippen LogP contribution is 2.21. The smallest absolute Gasteiger partial charge is 0.311 e. The molecule has 0 saturated heterocycles. The maximum atomic E-state index is 11.2. The van der Waals surface area contributed by atoms with Crippen molar-refractivity contribution in [3.63, 3.8) is 0 Å². The fourth-order valence-corrected chi connectivity index (χ4v) is 1.83. The lowest BCUT2D eigenvalue weighted by Crippen LogP contribution is -2.08. The third-order valence-corrected chi connectivity index (χ3v) is 2.75. The van der Waals surface area contributed by atoms with Gasteiger partial charge in [0.05, 0.1) is 18.7 Å². The van der Waals surface area contributed by atoms with Crippen molar-refractivity contribution in [2.45, 2.75) is 20.3 Å². The molecule has 0 aromatic carbocycles. The number of anilines is 1. The Morgan fingerprint density at radius 2 is 2.36 bits per heavy atom. The number of carbonyl (C=O) groups is 1. The van der Waals surface area contributed by atoms with Crippen LogP contribution < -0.4 is 5.32 Å². The summed E-state index contributed by atoms with van der Waals surface area (Å²) in [6, 6.07) is 0. The summed E-state index contributed by atoms with van der Waals surface area (Å²) < 4.78 is 4.85. The number of nitrogens with one attached hydrogen (secondary N) is 1. The molecular formula is C9H14N2O2S. The maximum Gasteiger partial charge on any atom is 0.311 e. The molecule has 14 heavy (non-hydrogen) atoms. The van der Waals surface area contributed by atoms with Gasteiger partial charge < -0.3 is 10.1 Å². The first kappa shape index (κ1) is 11.0. The Hall–Kier alpha value is -1.10. The fraction of sp³-hybridized carbons (Fsp3) is 0.556. The zero-order valence-corrected chi connectivity index (χ0v) is 9.40. The lowest BCUT2D eigenvalue weighted by molar-refractivity contribution is -0.142. The summed E-state index contributed by atoms with van der Waals surface area (Å²) >= 11 is 1.54. The first-order valence-corrected chi connectivity index (χ1v) is 5.28. The molecule has 0 unspecified atom stereocenters. The quantitative estimate of drug-likeness (QED) is 0.773. The summed E-state index contributed by atoms with van der Waals surface area (Å²) in [5.74, 6) is -0.219. The van der Waals surface area contributed by atoms with Gasteiger partial charge in [0, 0.05) is 11.9 Å². The number of esters is 1. The molecule has 78 valence electrons. The van der Waals surface area contributed by atoms with Crippen LogP contribution in [0.1, 0.15) is 17.5 Å². The van der Waals surface area contributed by atoms with Gasteiger partial charge in [-0.2, -0.15) is 0 Å². The SMILES string of the molecule is CCOC(=O)Cc1nc(NC)sc1C. The first-order chi connectivity index (χ1) is 6.67. The monoisotopic (exact) mass is 214 g/mol. The van der Waals surface area contributed by atoms with Crippen molar-refractivity contribution in [1.29, 1.82) is 0 Å². The third kappa shape index (κ3) is 2.70. The van der Waals surface area contributed by atoms with Crippen LogP contribution in [0.25, 0.3) is 0 Å². The number of hydrogen-bond acceptors (Lipinski definition) is 5. The molecule has 0 fully saturated rings. The van der Waals surface area contributed by atoms with Gasteiger partial charge in [-0.05, 0) is 13.8 Å². The van der Waals surface area contributed by atoms with Crippen molar-refractivity contribution < 1.29 is 9.53 Å². The van der Waals surface area contributed by atoms with Crippen LogP contribution in [0.3, 0.4) is 0 Å². The molecular weight excluding hydrogens is 200 g/mol. The number of ether oxygens (including phenoxy) is 1. The number of thiazole rings is 1. The van der Waals surface area contributed by atoms with Crippen LogP contribution in [-0.4, -0.2) is 24.6 Å². The molecule has 0 atom stereocenters. The van der Waals surface area contributed by atoms with E-state index < -0.39 is 0 Å². The van der Waals surface area contributed by atoms with Gasteiger partial charge in [-0.3, -0.25) is 4.79 Å². The summed E-state index contributed by atoms with van der Waals surface area (Å²) in [7, 11) is 1.81. The van der Waals surface area contributed by atoms with Crippen molar-refractivity contribution in [3.8, 4) is 0 Å². The van der Waals surface area contributed by atoms with Crippen molar-refractivity contribution in [3.05, 3.63) is 10.6 Å². The van der Waals surface area contributed by atoms with Gasteiger partial charge in [-0.1, -0.05) is 0 Å². The molecule has 0 spiro atoms. The van der Waals surface area contributed by atoms with E-state index in [0.717, 1.165) is 15.7 Å². The number of nitrogens with zero attached hydrogens (tertiary/aromatic N) is 1. The van der Waals surface area contributed by atoms with Crippen LogP contribution in [0.4, 0.5) is 5.13 Å². The van der Waals surface area contributed by atoms with Crippen LogP contribution in [-0.2, 0) is 16.0 Å². The minimum absolute atomic E-state index is 0.219. The Kier molecular flexibility index (Phi) is 3.88. The van der Waals surface area contributed by atoms with E-state index in [2.05, 4.69) is 10.3 Å². The predicted octanol–water partition coefficient (Wildman–Crippen LogP) is 1.60. The molecule has 5 heteroatoms. The van der Waals surface area contributed by atoms with Crippen molar-refractivity contribution >= 4 is 22.4 Å². The number of aryl methyl sites for hydroxylation is 1. The Morgan fingerprint density at radius 3 is 2.86 bits per heavy atom. The molecule has 0 amide bonds. The highest BCUT2D eigenvalue weighted by molar-refractivity contribution is 7.15. The normalized spacial score (nSPS) is 9.93. The molecule has 1 aromatic heterocycles. The van der Waals surface area contributed by atoms with Crippen LogP contribution in [0.2, 0.25) is 0 Å². The maximum absolute atomic E-state index is 11.2. The van der Waals surface area contributed by atoms with E-state index >= 15 is 0 Å². The summed E-state index contributed by atoms with van der Waals surface area (Å²) in [6.45, 7) is 4.17. The highest BCUT2D eigenvalue weighted by atomic mass is 32.1. The molecule has 0 aliphatic heterocycles. The van der Waals surface area contributed by atoms with E-state index in [-0.39, 0.29) is 12.4 Å². The topological polar surface area (TPSA) is 51.2 Å². The van der Waals surface area contributed by atoms with Crippen LogP contribution >= 0.6 is 11.3 Å². The Balaban J connectivity index is 2.66. The molecule has 1 heterocycles. The number of rotatable bonds is 4. The van der Waals surface area contributed by atoms with E-state index in [1.807, 2.05) is 14.0 Å². The van der Waals surface area contributed by atoms with Crippen molar-refractivity contribution in [1.82, 2.24) is 4.98 Å². The second kappa shape index (κ2) is 4.95. The standard InChI is InChI=1S/C9H14N2O2S/c1-4-13-8(12)5-7-6(2)14-9(10-3)11-7/h4-5H2,1-3H3,(H,10,11). The summed E-state index contributed by atoms with van der Waals surface area (Å²) in [5, 5.41) is 3.78. The molecule has 0 aliphatic carbocycles. The van der Waals surface area contributed by atoms with E-state index in [9.17, 15) is 4.79 Å². The second-order valence-corrected chi connectivity index (χ2v) is 3.96. The Bertz CT molecular complexity index is 323. The minimum Gasteiger partial charge on any atom is -0.466 e. The Morgan fingerprint density at radius 1 is 1.64 bits per heavy atom. The molecule has 0 radical (unpaired) electrons. The minimum atomic E-state index is -0.219. The zero-order chi connectivity index (χ0) is 10.6. The van der Waals surface area contributed by atoms with Crippen LogP contribution in [0.5, 0.6) is 0 Å². The summed E-state index contributed by atoms with van der Waals surface area (Å²) in [5.41, 5.74) is 0.804. The predicted molar refractivity (Wildman–Crippen MR) is 56.7 cm³/mol. The van der Waals surface area contributed by atoms with Gasteiger partial charge in [-0.15, -0.1) is 11.3 Å². The Labute approximate surface area is 87.3 Å². The molecule has 1 aromatic rings. The first-order valence-electron chi connectivity index (χ1n) is 4.47. The molecule has 0 bridgehead atoms. The van der Waals surface area contributed by atoms with E-state index in [4.69, 9.17) is 4.74 Å². The molecule has 0 saturated carbocycles. The lowest BCUT2D eigenvalue weighted by Gasteiger charge is -1.99. The van der Waals surface area contributed by atoms with Gasteiger partial charge in [-0.25, -0.2) is 4.98 Å². The van der Waals surface area contributed by atoms with Crippen molar-refractivity contribution in [2.24, 2.45) is 0 Å². The fourth-order valence-electron chi connectivity index (χ4n) is 1.05. The summed E-state index contributed by atoms with van der Waals surface area (Å²) in [4.78, 5) is 16.5. The number of hydrogen-bond donors (Lipinski definition) is 1. The second-order valence-electron chi connectivity index (χ2n) is 2.75. The molecule has 0 aliphatic rings. The van der Waals surface area contributed by atoms with Gasteiger partial charge in [0.1, 0.15) is 0 Å². The third-order valence-electron chi connectivity index (χ3n) is 1.72. The van der Waals surface area contributed by atoms with E-state index in [1.54, 1.807) is 18.3 Å². The summed E-state index contributed by atoms with van der Waals surface area (Å²) in [6.07, 6.45) is 0.262. The van der Waals surface area contributed by atoms with Crippen LogP contribution in [0, 0.1) is 6.92 Å². The molecule has 1 N–H and O–H groups in total. The van der Waals surface area contributed by atoms with Gasteiger partial charge in [0.2, 0.25) is 0 Å². The van der Waals surface area contributed by atoms with Gasteiger partial charge in [0.25, 0.3) is 0 Å². The lowest BCUT2D eigenvalue weighted by atomic mass is 10.3. The van der Waals surface area contributed by atoms with Crippen molar-refractivity contribution in [2.75, 3.05) is 19.0 Å². The van der Waals surface area contributed by atoms with Gasteiger partial charge >= 0.3 is 5.97 Å². The number of aromatic nitrogens is 1. The van der Waals surface area contributed by atoms with Crippen LogP contribution in [0.15, 0.2) is 0 Å². The number of carbonyl (C=O) groups excluding carboxylic acids is 1.